The Kier molecular flexibility index (Phi) is 6.02. The van der Waals surface area contributed by atoms with Crippen LogP contribution in [0.25, 0.3) is 17.0 Å². The minimum atomic E-state index is -0.435. The largest absolute Gasteiger partial charge is 0.496 e. The number of halogens is 1. The van der Waals surface area contributed by atoms with E-state index in [2.05, 4.69) is 31.3 Å². The maximum atomic E-state index is 13.0. The summed E-state index contributed by atoms with van der Waals surface area (Å²) in [5.41, 5.74) is 2.74. The lowest BCUT2D eigenvalue weighted by atomic mass is 10.0. The molecule has 0 bridgehead atoms. The summed E-state index contributed by atoms with van der Waals surface area (Å²) in [5.74, 6) is 1.18. The van der Waals surface area contributed by atoms with Gasteiger partial charge in [-0.1, -0.05) is 41.9 Å². The topological polar surface area (TPSA) is 88.1 Å². The van der Waals surface area contributed by atoms with Gasteiger partial charge >= 0.3 is 0 Å². The summed E-state index contributed by atoms with van der Waals surface area (Å²) in [6.45, 7) is 2.60. The fourth-order valence-electron chi connectivity index (χ4n) is 4.38. The van der Waals surface area contributed by atoms with Gasteiger partial charge in [0.15, 0.2) is 0 Å². The van der Waals surface area contributed by atoms with Crippen molar-refractivity contribution >= 4 is 28.3 Å². The van der Waals surface area contributed by atoms with E-state index in [-0.39, 0.29) is 11.1 Å². The Morgan fingerprint density at radius 3 is 2.70 bits per heavy atom. The average Bonchev–Trinajstić information content (AvgIpc) is 3.52. The molecule has 0 spiro atoms. The lowest BCUT2D eigenvalue weighted by molar-refractivity contribution is 0.249. The summed E-state index contributed by atoms with van der Waals surface area (Å²) in [6, 6.07) is 15.7. The summed E-state index contributed by atoms with van der Waals surface area (Å²) in [5, 5.41) is 7.74. The first-order valence-electron chi connectivity index (χ1n) is 11.0. The Hall–Kier alpha value is -3.36. The smallest absolute Gasteiger partial charge is 0.295 e. The number of nitrogens with zero attached hydrogens (tertiary/aromatic N) is 4. The second-order valence-corrected chi connectivity index (χ2v) is 8.43. The summed E-state index contributed by atoms with van der Waals surface area (Å²) in [6.07, 6.45) is 3.91. The molecule has 0 unspecified atom stereocenters. The van der Waals surface area contributed by atoms with Crippen LogP contribution >= 0.6 is 11.6 Å². The molecule has 8 nitrogen and oxygen atoms in total. The molecule has 9 heteroatoms. The minimum absolute atomic E-state index is 0.0747. The standard InChI is InChI=1S/C24H25ClN6O2/c1-33-21-11-5-2-8-16(21)20(30-12-6-7-13-30)15-26-19-14-27-31(23(32)22(19)25)24-28-17-9-3-4-10-18(17)29-24/h2-5,8-11,14,20,26H,6-7,12-13,15H2,1H3,(H,28,29)/t20-/m0/s1. The fourth-order valence-corrected chi connectivity index (χ4v) is 4.58. The van der Waals surface area contributed by atoms with Crippen molar-refractivity contribution in [3.05, 3.63) is 75.7 Å². The molecule has 2 aromatic heterocycles. The maximum Gasteiger partial charge on any atom is 0.295 e. The molecule has 5 rings (SSSR count). The normalized spacial score (nSPS) is 15.1. The number of methoxy groups -OCH3 is 1. The van der Waals surface area contributed by atoms with Gasteiger partial charge in [-0.25, -0.2) is 4.98 Å². The number of para-hydroxylation sites is 3. The van der Waals surface area contributed by atoms with Crippen LogP contribution in [0.1, 0.15) is 24.4 Å². The molecular weight excluding hydrogens is 440 g/mol. The van der Waals surface area contributed by atoms with Crippen molar-refractivity contribution in [2.24, 2.45) is 0 Å². The number of likely N-dealkylation sites (tertiary alicyclic amines) is 1. The van der Waals surface area contributed by atoms with E-state index in [1.165, 1.54) is 17.5 Å². The third-order valence-electron chi connectivity index (χ3n) is 6.06. The van der Waals surface area contributed by atoms with Crippen LogP contribution in [0.3, 0.4) is 0 Å². The highest BCUT2D eigenvalue weighted by atomic mass is 35.5. The van der Waals surface area contributed by atoms with Gasteiger partial charge in [0.05, 0.1) is 36.1 Å². The zero-order chi connectivity index (χ0) is 22.8. The molecule has 33 heavy (non-hydrogen) atoms. The lowest BCUT2D eigenvalue weighted by Crippen LogP contribution is -2.32. The van der Waals surface area contributed by atoms with E-state index in [0.717, 1.165) is 35.4 Å². The second-order valence-electron chi connectivity index (χ2n) is 8.05. The van der Waals surface area contributed by atoms with Crippen LogP contribution < -0.4 is 15.6 Å². The van der Waals surface area contributed by atoms with Crippen molar-refractivity contribution < 1.29 is 4.74 Å². The Labute approximate surface area is 196 Å². The van der Waals surface area contributed by atoms with Gasteiger partial charge in [0.2, 0.25) is 5.95 Å². The summed E-state index contributed by atoms with van der Waals surface area (Å²) < 4.78 is 6.80. The zero-order valence-electron chi connectivity index (χ0n) is 18.3. The Morgan fingerprint density at radius 1 is 1.15 bits per heavy atom. The van der Waals surface area contributed by atoms with Gasteiger partial charge in [-0.2, -0.15) is 9.78 Å². The van der Waals surface area contributed by atoms with E-state index in [1.807, 2.05) is 42.5 Å². The molecule has 0 saturated carbocycles. The number of aromatic amines is 1. The van der Waals surface area contributed by atoms with Crippen LogP contribution in [-0.2, 0) is 0 Å². The molecule has 1 atom stereocenters. The SMILES string of the molecule is COc1ccccc1[C@H](CNc1cnn(-c2nc3ccccc3[nH]2)c(=O)c1Cl)N1CCCC1. The molecule has 4 aromatic rings. The quantitative estimate of drug-likeness (QED) is 0.429. The van der Waals surface area contributed by atoms with Gasteiger partial charge in [0.1, 0.15) is 10.8 Å². The number of ether oxygens (including phenoxy) is 1. The van der Waals surface area contributed by atoms with Crippen molar-refractivity contribution in [1.29, 1.82) is 0 Å². The zero-order valence-corrected chi connectivity index (χ0v) is 19.0. The van der Waals surface area contributed by atoms with Gasteiger partial charge in [0.25, 0.3) is 5.56 Å². The van der Waals surface area contributed by atoms with Gasteiger partial charge in [0, 0.05) is 12.1 Å². The molecule has 2 N–H and O–H groups in total. The van der Waals surface area contributed by atoms with Gasteiger partial charge in [-0.3, -0.25) is 9.69 Å². The predicted octanol–water partition coefficient (Wildman–Crippen LogP) is 4.02. The number of nitrogens with one attached hydrogen (secondary N) is 2. The Balaban J connectivity index is 1.42. The van der Waals surface area contributed by atoms with Gasteiger partial charge in [-0.05, 0) is 44.1 Å². The number of imidazole rings is 1. The van der Waals surface area contributed by atoms with E-state index >= 15 is 0 Å². The number of hydrogen-bond acceptors (Lipinski definition) is 6. The highest BCUT2D eigenvalue weighted by Crippen LogP contribution is 2.32. The molecule has 2 aromatic carbocycles. The number of aromatic nitrogens is 4. The van der Waals surface area contributed by atoms with E-state index in [0.29, 0.717) is 18.2 Å². The van der Waals surface area contributed by atoms with Crippen molar-refractivity contribution in [1.82, 2.24) is 24.6 Å². The summed E-state index contributed by atoms with van der Waals surface area (Å²) in [7, 11) is 1.69. The van der Waals surface area contributed by atoms with E-state index in [9.17, 15) is 4.79 Å². The molecule has 0 aliphatic carbocycles. The number of hydrogen-bond donors (Lipinski definition) is 2. The first-order chi connectivity index (χ1) is 16.2. The fraction of sp³-hybridized carbons (Fsp3) is 0.292. The molecular formula is C24H25ClN6O2. The number of rotatable bonds is 7. The molecule has 0 amide bonds. The summed E-state index contributed by atoms with van der Waals surface area (Å²) in [4.78, 5) is 23.0. The maximum absolute atomic E-state index is 13.0. The molecule has 1 aliphatic rings. The first kappa shape index (κ1) is 21.5. The number of H-pyrrole nitrogens is 1. The third kappa shape index (κ3) is 4.19. The molecule has 1 aliphatic heterocycles. The van der Waals surface area contributed by atoms with Crippen molar-refractivity contribution in [3.63, 3.8) is 0 Å². The van der Waals surface area contributed by atoms with Crippen molar-refractivity contribution in [2.75, 3.05) is 32.1 Å². The summed E-state index contributed by atoms with van der Waals surface area (Å²) >= 11 is 6.48. The number of benzene rings is 2. The van der Waals surface area contributed by atoms with Crippen LogP contribution in [-0.4, -0.2) is 51.4 Å². The van der Waals surface area contributed by atoms with E-state index in [1.54, 1.807) is 13.3 Å². The molecule has 1 saturated heterocycles. The molecule has 170 valence electrons. The van der Waals surface area contributed by atoms with Crippen LogP contribution in [0, 0.1) is 0 Å². The van der Waals surface area contributed by atoms with E-state index in [4.69, 9.17) is 16.3 Å². The Morgan fingerprint density at radius 2 is 1.91 bits per heavy atom. The van der Waals surface area contributed by atoms with Crippen molar-refractivity contribution in [2.45, 2.75) is 18.9 Å². The highest BCUT2D eigenvalue weighted by Gasteiger charge is 2.26. The lowest BCUT2D eigenvalue weighted by Gasteiger charge is -2.29. The van der Waals surface area contributed by atoms with Crippen LogP contribution in [0.4, 0.5) is 5.69 Å². The number of fused-ring (bicyclic) bond motifs is 1. The van der Waals surface area contributed by atoms with Gasteiger partial charge in [-0.15, -0.1) is 0 Å². The monoisotopic (exact) mass is 464 g/mol. The first-order valence-corrected chi connectivity index (χ1v) is 11.4. The number of anilines is 1. The van der Waals surface area contributed by atoms with Crippen LogP contribution in [0.15, 0.2) is 59.5 Å². The second kappa shape index (κ2) is 9.25. The highest BCUT2D eigenvalue weighted by molar-refractivity contribution is 6.32. The Bertz CT molecular complexity index is 1300. The average molecular weight is 465 g/mol. The molecule has 3 heterocycles. The van der Waals surface area contributed by atoms with Gasteiger partial charge < -0.3 is 15.0 Å². The predicted molar refractivity (Wildman–Crippen MR) is 130 cm³/mol. The molecule has 0 radical (unpaired) electrons. The van der Waals surface area contributed by atoms with Crippen molar-refractivity contribution in [3.8, 4) is 11.7 Å². The van der Waals surface area contributed by atoms with Crippen LogP contribution in [0.2, 0.25) is 5.02 Å². The third-order valence-corrected chi connectivity index (χ3v) is 6.43. The van der Waals surface area contributed by atoms with Crippen LogP contribution in [0.5, 0.6) is 5.75 Å². The minimum Gasteiger partial charge on any atom is -0.496 e. The molecule has 1 fully saturated rings. The van der Waals surface area contributed by atoms with E-state index < -0.39 is 5.56 Å².